The molecule has 0 saturated carbocycles. The van der Waals surface area contributed by atoms with Crippen molar-refractivity contribution in [2.24, 2.45) is 0 Å². The number of nitrogens with one attached hydrogen (secondary N) is 3. The first-order chi connectivity index (χ1) is 21.7. The maximum absolute atomic E-state index is 13.4. The Kier molecular flexibility index (Phi) is 10.9. The van der Waals surface area contributed by atoms with Crippen molar-refractivity contribution in [2.75, 3.05) is 38.2 Å². The van der Waals surface area contributed by atoms with Gasteiger partial charge in [0.05, 0.1) is 18.4 Å². The molecule has 12 nitrogen and oxygen atoms in total. The molecule has 3 aromatic carbocycles. The zero-order chi connectivity index (χ0) is 32.3. The van der Waals surface area contributed by atoms with Crippen molar-refractivity contribution >= 4 is 41.0 Å². The third kappa shape index (κ3) is 8.26. The molecule has 0 aliphatic rings. The molecule has 4 rings (SSSR count). The summed E-state index contributed by atoms with van der Waals surface area (Å²) in [4.78, 5) is 41.2. The number of carbonyl (C=O) groups excluding carboxylic acids is 2. The van der Waals surface area contributed by atoms with E-state index in [2.05, 4.69) is 27.0 Å². The number of carboxylic acid groups (broad SMARTS) is 1. The van der Waals surface area contributed by atoms with Crippen LogP contribution < -0.4 is 25.4 Å². The lowest BCUT2D eigenvalue weighted by Crippen LogP contribution is -2.25. The lowest BCUT2D eigenvalue weighted by atomic mass is 9.97. The van der Waals surface area contributed by atoms with Crippen LogP contribution >= 0.6 is 11.6 Å². The normalized spacial score (nSPS) is 10.4. The lowest BCUT2D eigenvalue weighted by Gasteiger charge is -2.17. The van der Waals surface area contributed by atoms with E-state index in [0.717, 1.165) is 0 Å². The summed E-state index contributed by atoms with van der Waals surface area (Å²) in [7, 11) is 2.92. The molecule has 0 saturated heterocycles. The van der Waals surface area contributed by atoms with Crippen LogP contribution in [-0.4, -0.2) is 55.6 Å². The molecule has 13 heteroatoms. The molecule has 0 spiro atoms. The summed E-state index contributed by atoms with van der Waals surface area (Å²) in [6.07, 6.45) is -1.31. The predicted octanol–water partition coefficient (Wildman–Crippen LogP) is 5.78. The van der Waals surface area contributed by atoms with Gasteiger partial charge in [-0.3, -0.25) is 9.59 Å². The molecule has 4 N–H and O–H groups in total. The molecule has 1 heterocycles. The number of nitriles is 1. The summed E-state index contributed by atoms with van der Waals surface area (Å²) in [6, 6.07) is 22.1. The highest BCUT2D eigenvalue weighted by Crippen LogP contribution is 2.38. The van der Waals surface area contributed by atoms with Gasteiger partial charge in [0.2, 0.25) is 5.91 Å². The van der Waals surface area contributed by atoms with Crippen molar-refractivity contribution in [1.82, 2.24) is 10.3 Å². The largest absolute Gasteiger partial charge is 0.496 e. The van der Waals surface area contributed by atoms with Crippen LogP contribution in [0.3, 0.4) is 0 Å². The number of para-hydroxylation sites is 1. The number of amides is 3. The zero-order valence-corrected chi connectivity index (χ0v) is 25.0. The van der Waals surface area contributed by atoms with Crippen LogP contribution in [-0.2, 0) is 9.53 Å². The molecule has 230 valence electrons. The van der Waals surface area contributed by atoms with Crippen LogP contribution in [0.5, 0.6) is 11.5 Å². The number of hydrogen-bond acceptors (Lipinski definition) is 8. The first-order valence-corrected chi connectivity index (χ1v) is 13.8. The summed E-state index contributed by atoms with van der Waals surface area (Å²) >= 11 is 6.24. The van der Waals surface area contributed by atoms with E-state index in [4.69, 9.17) is 30.9 Å². The van der Waals surface area contributed by atoms with Crippen LogP contribution in [0.1, 0.15) is 22.3 Å². The Hall–Kier alpha value is -5.64. The summed E-state index contributed by atoms with van der Waals surface area (Å²) in [6.45, 7) is -0.130. The maximum atomic E-state index is 13.4. The Labute approximate surface area is 263 Å². The standard InChI is InChI=1S/C32H28ClN5O7/c1-43-18-45-28-15-20(33)10-11-22(28)26-16-24(19-6-5-7-21(14-19)36-29(39)12-13-35-32(41)42)25(17-34)30(37-26)38-31(40)23-8-3-4-9-27(23)44-2/h3-11,14-16,35H,12-13,18H2,1-2H3,(H,36,39)(H,41,42)(H,37,38,40). The van der Waals surface area contributed by atoms with E-state index in [9.17, 15) is 19.6 Å². The third-order valence-corrected chi connectivity index (χ3v) is 6.59. The van der Waals surface area contributed by atoms with Crippen LogP contribution in [0.25, 0.3) is 22.4 Å². The lowest BCUT2D eigenvalue weighted by molar-refractivity contribution is -0.116. The number of halogens is 1. The molecule has 1 aromatic heterocycles. The highest BCUT2D eigenvalue weighted by molar-refractivity contribution is 6.30. The van der Waals surface area contributed by atoms with E-state index in [-0.39, 0.29) is 36.7 Å². The second-order valence-electron chi connectivity index (χ2n) is 9.35. The third-order valence-electron chi connectivity index (χ3n) is 6.35. The van der Waals surface area contributed by atoms with Gasteiger partial charge in [-0.2, -0.15) is 5.26 Å². The summed E-state index contributed by atoms with van der Waals surface area (Å²) in [5, 5.41) is 27.1. The molecule has 0 atom stereocenters. The Morgan fingerprint density at radius 2 is 1.76 bits per heavy atom. The van der Waals surface area contributed by atoms with Gasteiger partial charge in [0.1, 0.15) is 23.1 Å². The highest BCUT2D eigenvalue weighted by atomic mass is 35.5. The van der Waals surface area contributed by atoms with Crippen molar-refractivity contribution in [1.29, 1.82) is 5.26 Å². The Morgan fingerprint density at radius 1 is 0.956 bits per heavy atom. The van der Waals surface area contributed by atoms with Crippen LogP contribution in [0.2, 0.25) is 5.02 Å². The van der Waals surface area contributed by atoms with Gasteiger partial charge in [-0.1, -0.05) is 35.9 Å². The molecule has 45 heavy (non-hydrogen) atoms. The van der Waals surface area contributed by atoms with E-state index >= 15 is 0 Å². The maximum Gasteiger partial charge on any atom is 0.404 e. The number of ether oxygens (including phenoxy) is 3. The molecule has 0 unspecified atom stereocenters. The summed E-state index contributed by atoms with van der Waals surface area (Å²) in [5.74, 6) is -0.307. The van der Waals surface area contributed by atoms with Gasteiger partial charge in [0, 0.05) is 41.9 Å². The van der Waals surface area contributed by atoms with Crippen molar-refractivity contribution in [3.63, 3.8) is 0 Å². The molecule has 3 amide bonds. The number of carbonyl (C=O) groups is 3. The SMILES string of the molecule is COCOc1cc(Cl)ccc1-c1cc(-c2cccc(NC(=O)CCNC(=O)O)c2)c(C#N)c(NC(=O)c2ccccc2OC)n1. The first kappa shape index (κ1) is 32.3. The van der Waals surface area contributed by atoms with E-state index < -0.39 is 17.9 Å². The number of benzene rings is 3. The fourth-order valence-corrected chi connectivity index (χ4v) is 4.50. The van der Waals surface area contributed by atoms with Crippen LogP contribution in [0, 0.1) is 11.3 Å². The second kappa shape index (κ2) is 15.2. The monoisotopic (exact) mass is 629 g/mol. The minimum absolute atomic E-state index is 0.0252. The van der Waals surface area contributed by atoms with Crippen LogP contribution in [0.4, 0.5) is 16.3 Å². The van der Waals surface area contributed by atoms with E-state index in [1.165, 1.54) is 14.2 Å². The molecular formula is C32H28ClN5O7. The number of nitrogens with zero attached hydrogens (tertiary/aromatic N) is 2. The summed E-state index contributed by atoms with van der Waals surface area (Å²) in [5.41, 5.74) is 2.47. The van der Waals surface area contributed by atoms with Gasteiger partial charge in [0.25, 0.3) is 5.91 Å². The molecule has 0 aliphatic carbocycles. The smallest absolute Gasteiger partial charge is 0.404 e. The van der Waals surface area contributed by atoms with E-state index in [0.29, 0.717) is 44.6 Å². The van der Waals surface area contributed by atoms with Crippen LogP contribution in [0.15, 0.2) is 72.8 Å². The van der Waals surface area contributed by atoms with Gasteiger partial charge >= 0.3 is 6.09 Å². The molecule has 0 radical (unpaired) electrons. The molecule has 0 bridgehead atoms. The van der Waals surface area contributed by atoms with Gasteiger partial charge in [0.15, 0.2) is 12.6 Å². The number of methoxy groups -OCH3 is 2. The topological polar surface area (TPSA) is 172 Å². The number of anilines is 2. The average molecular weight is 630 g/mol. The van der Waals surface area contributed by atoms with Gasteiger partial charge in [-0.15, -0.1) is 0 Å². The minimum atomic E-state index is -1.23. The molecule has 4 aromatic rings. The number of hydrogen-bond donors (Lipinski definition) is 4. The molecule has 0 fully saturated rings. The molecular weight excluding hydrogens is 602 g/mol. The van der Waals surface area contributed by atoms with Gasteiger partial charge < -0.3 is 35.3 Å². The fourth-order valence-electron chi connectivity index (χ4n) is 4.34. The number of pyridine rings is 1. The van der Waals surface area contributed by atoms with Gasteiger partial charge in [-0.25, -0.2) is 9.78 Å². The number of aromatic nitrogens is 1. The minimum Gasteiger partial charge on any atom is -0.496 e. The summed E-state index contributed by atoms with van der Waals surface area (Å²) < 4.78 is 16.2. The second-order valence-corrected chi connectivity index (χ2v) is 9.78. The highest BCUT2D eigenvalue weighted by Gasteiger charge is 2.21. The first-order valence-electron chi connectivity index (χ1n) is 13.4. The average Bonchev–Trinajstić information content (AvgIpc) is 3.03. The van der Waals surface area contributed by atoms with E-state index in [1.54, 1.807) is 72.8 Å². The van der Waals surface area contributed by atoms with Gasteiger partial charge in [-0.05, 0) is 54.1 Å². The fraction of sp³-hybridized carbons (Fsp3) is 0.156. The Balaban J connectivity index is 1.83. The van der Waals surface area contributed by atoms with E-state index in [1.807, 2.05) is 0 Å². The predicted molar refractivity (Wildman–Crippen MR) is 168 cm³/mol. The Bertz CT molecular complexity index is 1770. The van der Waals surface area contributed by atoms with Crippen molar-refractivity contribution < 1.29 is 33.7 Å². The Morgan fingerprint density at radius 3 is 2.49 bits per heavy atom. The zero-order valence-electron chi connectivity index (χ0n) is 24.2. The molecule has 0 aliphatic heterocycles. The van der Waals surface area contributed by atoms with Crippen molar-refractivity contribution in [3.05, 3.63) is 88.9 Å². The van der Waals surface area contributed by atoms with Crippen molar-refractivity contribution in [2.45, 2.75) is 6.42 Å². The quantitative estimate of drug-likeness (QED) is 0.142. The van der Waals surface area contributed by atoms with Crippen molar-refractivity contribution in [3.8, 4) is 40.0 Å². The number of rotatable bonds is 12.